The fraction of sp³-hybridized carbons (Fsp3) is 0.542. The fourth-order valence-corrected chi connectivity index (χ4v) is 17.3. The second-order valence-electron chi connectivity index (χ2n) is 33.6. The Balaban J connectivity index is 1.12. The van der Waals surface area contributed by atoms with Crippen LogP contribution in [0.25, 0.3) is 0 Å². The molecule has 8 aromatic rings. The average Bonchev–Trinajstić information content (AvgIpc) is 0.729. The summed E-state index contributed by atoms with van der Waals surface area (Å²) in [6.07, 6.45) is 58.4. The van der Waals surface area contributed by atoms with E-state index in [0.29, 0.717) is 71.7 Å². The van der Waals surface area contributed by atoms with Crippen LogP contribution in [0.2, 0.25) is 0 Å². The Kier molecular flexibility index (Phi) is 46.7. The predicted octanol–water partition coefficient (Wildman–Crippen LogP) is 32.2. The van der Waals surface area contributed by atoms with Crippen molar-refractivity contribution in [1.29, 1.82) is 0 Å². The smallest absolute Gasteiger partial charge is 0.494 e. The molecule has 0 fully saturated rings. The standard InChI is InChI=1S/C107H148N2O11/c1-5-9-13-17-21-25-29-33-37-41-45-55-83-115-97-73-63-91(64-74-97)106(89-59-51-49-52-60-89,92-65-75-98(76-66-92)116-84-56-46-42-38-34-30-26-22-18-14-10-6-2)101-87-95(108(111)112)71-81-103(101)119-105(110)120-104-82-72-96(109(113)114)88-102(104)107(90-61-53-50-54-62-90,93-67-77-99(78-68-93)117-85-57-47-43-39-35-31-27-23-19-15-11-7-3)94-69-79-100(80-70-94)118-86-58-48-44-40-36-32-28-24-20-16-12-8-4/h49-54,59-82,87-88H,5-48,55-58,83-86H2,1-4H3. The van der Waals surface area contributed by atoms with Crippen molar-refractivity contribution in [2.75, 3.05) is 26.4 Å². The van der Waals surface area contributed by atoms with Gasteiger partial charge in [-0.15, -0.1) is 0 Å². The quantitative estimate of drug-likeness (QED) is 0.00892. The molecule has 8 rings (SSSR count). The molecule has 13 nitrogen and oxygen atoms in total. The second kappa shape index (κ2) is 58.1. The molecule has 0 aliphatic rings. The number of non-ortho nitro benzene ring substituents is 2. The molecule has 0 amide bonds. The third-order valence-electron chi connectivity index (χ3n) is 24.2. The molecule has 0 heterocycles. The first-order chi connectivity index (χ1) is 59.1. The Hall–Kier alpha value is -8.97. The summed E-state index contributed by atoms with van der Waals surface area (Å²) in [6.45, 7) is 11.3. The summed E-state index contributed by atoms with van der Waals surface area (Å²) in [6, 6.07) is 59.6. The van der Waals surface area contributed by atoms with Crippen molar-refractivity contribution >= 4 is 17.5 Å². The molecule has 0 saturated carbocycles. The van der Waals surface area contributed by atoms with E-state index in [4.69, 9.17) is 28.4 Å². The third-order valence-corrected chi connectivity index (χ3v) is 24.2. The van der Waals surface area contributed by atoms with Gasteiger partial charge in [-0.25, -0.2) is 4.79 Å². The summed E-state index contributed by atoms with van der Waals surface area (Å²) < 4.78 is 39.2. The minimum Gasteiger partial charge on any atom is -0.494 e. The molecule has 13 heteroatoms. The number of benzene rings is 8. The maximum absolute atomic E-state index is 15.7. The predicted molar refractivity (Wildman–Crippen MR) is 496 cm³/mol. The fourth-order valence-electron chi connectivity index (χ4n) is 17.3. The van der Waals surface area contributed by atoms with Crippen LogP contribution in [-0.4, -0.2) is 42.4 Å². The maximum Gasteiger partial charge on any atom is 0.519 e. The largest absolute Gasteiger partial charge is 0.519 e. The van der Waals surface area contributed by atoms with Crippen molar-refractivity contribution < 1.29 is 43.1 Å². The van der Waals surface area contributed by atoms with E-state index in [1.54, 1.807) is 0 Å². The van der Waals surface area contributed by atoms with Gasteiger partial charge in [-0.05, 0) is 120 Å². The highest BCUT2D eigenvalue weighted by Gasteiger charge is 2.45. The molecule has 0 aliphatic heterocycles. The van der Waals surface area contributed by atoms with Crippen molar-refractivity contribution in [2.45, 2.75) is 347 Å². The molecule has 0 saturated heterocycles. The first kappa shape index (κ1) is 96.5. The Morgan fingerprint density at radius 3 is 0.642 bits per heavy atom. The first-order valence-corrected chi connectivity index (χ1v) is 47.6. The number of nitrogens with zero attached hydrogens (tertiary/aromatic N) is 2. The van der Waals surface area contributed by atoms with Gasteiger partial charge in [0.2, 0.25) is 0 Å². The highest BCUT2D eigenvalue weighted by molar-refractivity contribution is 5.74. The van der Waals surface area contributed by atoms with Gasteiger partial charge < -0.3 is 28.4 Å². The minimum atomic E-state index is -1.42. The second-order valence-corrected chi connectivity index (χ2v) is 33.6. The van der Waals surface area contributed by atoms with Gasteiger partial charge in [0.05, 0.1) is 47.1 Å². The van der Waals surface area contributed by atoms with Crippen LogP contribution in [0.1, 0.15) is 380 Å². The zero-order chi connectivity index (χ0) is 84.6. The van der Waals surface area contributed by atoms with Crippen LogP contribution in [-0.2, 0) is 10.8 Å². The van der Waals surface area contributed by atoms with Crippen LogP contribution in [0.3, 0.4) is 0 Å². The van der Waals surface area contributed by atoms with E-state index in [1.165, 1.54) is 293 Å². The number of hydrogen-bond acceptors (Lipinski definition) is 11. The minimum absolute atomic E-state index is 0.0231. The SMILES string of the molecule is CCCCCCCCCCCCCCOc1ccc(C(c2ccccc2)(c2ccc(OCCCCCCCCCCCCCC)cc2)c2cc([N+](=O)[O-])ccc2OC(=O)Oc2ccc([N+](=O)[O-])cc2C(c2ccccc2)(c2ccc(OCCCCCCCCCCCCCC)cc2)c2ccc(OCCCCCCCCCCCCCC)cc2)cc1. The molecular formula is C107H148N2O11. The molecular weight excluding hydrogens is 1490 g/mol. The topological polar surface area (TPSA) is 159 Å². The molecule has 0 bridgehead atoms. The molecule has 0 aromatic heterocycles. The van der Waals surface area contributed by atoms with Crippen molar-refractivity contribution in [3.63, 3.8) is 0 Å². The third kappa shape index (κ3) is 32.8. The van der Waals surface area contributed by atoms with E-state index < -0.39 is 26.8 Å². The number of hydrogen-bond donors (Lipinski definition) is 0. The van der Waals surface area contributed by atoms with Gasteiger partial charge in [-0.2, -0.15) is 0 Å². The summed E-state index contributed by atoms with van der Waals surface area (Å²) in [7, 11) is 0. The number of carbonyl (C=O) groups is 1. The summed E-state index contributed by atoms with van der Waals surface area (Å²) in [4.78, 5) is 41.5. The molecule has 0 aliphatic carbocycles. The van der Waals surface area contributed by atoms with Crippen LogP contribution < -0.4 is 28.4 Å². The number of unbranched alkanes of at least 4 members (excludes halogenated alkanes) is 44. The average molecular weight is 1640 g/mol. The van der Waals surface area contributed by atoms with Crippen molar-refractivity contribution in [3.05, 3.63) is 259 Å². The Labute approximate surface area is 723 Å². The Bertz CT molecular complexity index is 3630. The lowest BCUT2D eigenvalue weighted by Gasteiger charge is -2.38. The van der Waals surface area contributed by atoms with E-state index in [9.17, 15) is 20.2 Å². The Morgan fingerprint density at radius 1 is 0.250 bits per heavy atom. The van der Waals surface area contributed by atoms with Crippen LogP contribution in [0.4, 0.5) is 16.2 Å². The molecule has 0 spiro atoms. The zero-order valence-electron chi connectivity index (χ0n) is 74.1. The van der Waals surface area contributed by atoms with Gasteiger partial charge in [0.15, 0.2) is 0 Å². The van der Waals surface area contributed by atoms with Crippen molar-refractivity contribution in [2.24, 2.45) is 0 Å². The number of carbonyl (C=O) groups excluding carboxylic acids is 1. The van der Waals surface area contributed by atoms with E-state index in [1.807, 2.05) is 158 Å². The van der Waals surface area contributed by atoms with Crippen LogP contribution in [0, 0.1) is 20.2 Å². The van der Waals surface area contributed by atoms with Crippen LogP contribution in [0.5, 0.6) is 34.5 Å². The molecule has 0 unspecified atom stereocenters. The first-order valence-electron chi connectivity index (χ1n) is 47.6. The van der Waals surface area contributed by atoms with Gasteiger partial charge in [0.1, 0.15) is 34.5 Å². The number of ether oxygens (including phenoxy) is 6. The monoisotopic (exact) mass is 1640 g/mol. The normalized spacial score (nSPS) is 11.6. The lowest BCUT2D eigenvalue weighted by atomic mass is 9.64. The molecule has 652 valence electrons. The summed E-state index contributed by atoms with van der Waals surface area (Å²) >= 11 is 0. The lowest BCUT2D eigenvalue weighted by molar-refractivity contribution is -0.385. The summed E-state index contributed by atoms with van der Waals surface area (Å²) in [5.74, 6) is 2.67. The van der Waals surface area contributed by atoms with Gasteiger partial charge in [-0.1, -0.05) is 419 Å². The number of nitro benzene ring substituents is 2. The van der Waals surface area contributed by atoms with E-state index in [0.717, 1.165) is 62.5 Å². The molecule has 120 heavy (non-hydrogen) atoms. The number of nitro groups is 2. The van der Waals surface area contributed by atoms with E-state index >= 15 is 4.79 Å². The van der Waals surface area contributed by atoms with Crippen LogP contribution >= 0.6 is 0 Å². The molecule has 0 atom stereocenters. The molecule has 0 N–H and O–H groups in total. The maximum atomic E-state index is 15.7. The van der Waals surface area contributed by atoms with Gasteiger partial charge in [0, 0.05) is 35.4 Å². The summed E-state index contributed by atoms with van der Waals surface area (Å²) in [5.41, 5.74) is 1.55. The van der Waals surface area contributed by atoms with Crippen LogP contribution in [0.15, 0.2) is 194 Å². The van der Waals surface area contributed by atoms with Gasteiger partial charge in [0.25, 0.3) is 11.4 Å². The highest BCUT2D eigenvalue weighted by Crippen LogP contribution is 2.53. The van der Waals surface area contributed by atoms with Crippen molar-refractivity contribution in [1.82, 2.24) is 0 Å². The lowest BCUT2D eigenvalue weighted by Crippen LogP contribution is -2.33. The highest BCUT2D eigenvalue weighted by atomic mass is 16.7. The zero-order valence-corrected chi connectivity index (χ0v) is 74.1. The van der Waals surface area contributed by atoms with Gasteiger partial charge >= 0.3 is 6.16 Å². The molecule has 0 radical (unpaired) electrons. The van der Waals surface area contributed by atoms with E-state index in [2.05, 4.69) is 27.7 Å². The van der Waals surface area contributed by atoms with E-state index in [-0.39, 0.29) is 34.0 Å². The van der Waals surface area contributed by atoms with Gasteiger partial charge in [-0.3, -0.25) is 20.2 Å². The van der Waals surface area contributed by atoms with Crippen molar-refractivity contribution in [3.8, 4) is 34.5 Å². The number of rotatable bonds is 68. The molecule has 8 aromatic carbocycles. The summed E-state index contributed by atoms with van der Waals surface area (Å²) in [5, 5.41) is 26.7. The Morgan fingerprint density at radius 2 is 0.442 bits per heavy atom.